The van der Waals surface area contributed by atoms with Crippen molar-refractivity contribution in [2.24, 2.45) is 0 Å². The predicted octanol–water partition coefficient (Wildman–Crippen LogP) is 3.13. The monoisotopic (exact) mass is 276 g/mol. The smallest absolute Gasteiger partial charge is 0.119 e. The second-order valence-corrected chi connectivity index (χ2v) is 4.96. The van der Waals surface area contributed by atoms with Crippen LogP contribution in [-0.2, 0) is 0 Å². The van der Waals surface area contributed by atoms with Gasteiger partial charge < -0.3 is 9.47 Å². The Hall–Kier alpha value is -1.73. The fraction of sp³-hybridized carbons (Fsp3) is 0.562. The van der Waals surface area contributed by atoms with E-state index in [-0.39, 0.29) is 6.04 Å². The number of hydrogen-bond donors (Lipinski definition) is 1. The van der Waals surface area contributed by atoms with E-state index in [1.165, 1.54) is 0 Å². The summed E-state index contributed by atoms with van der Waals surface area (Å²) >= 11 is 0. The minimum atomic E-state index is -0.165. The largest absolute Gasteiger partial charge is 0.494 e. The molecule has 1 unspecified atom stereocenters. The number of rotatable bonds is 9. The van der Waals surface area contributed by atoms with E-state index in [0.29, 0.717) is 19.1 Å². The van der Waals surface area contributed by atoms with Gasteiger partial charge in [-0.1, -0.05) is 6.92 Å². The summed E-state index contributed by atoms with van der Waals surface area (Å²) in [4.78, 5) is 0. The highest BCUT2D eigenvalue weighted by Gasteiger charge is 2.08. The van der Waals surface area contributed by atoms with Crippen molar-refractivity contribution in [2.75, 3.05) is 13.2 Å². The molecule has 0 aliphatic rings. The maximum Gasteiger partial charge on any atom is 0.119 e. The van der Waals surface area contributed by atoms with Gasteiger partial charge in [0.2, 0.25) is 0 Å². The highest BCUT2D eigenvalue weighted by molar-refractivity contribution is 5.31. The Morgan fingerprint density at radius 2 is 1.65 bits per heavy atom. The lowest BCUT2D eigenvalue weighted by Gasteiger charge is -2.15. The molecule has 1 aromatic carbocycles. The van der Waals surface area contributed by atoms with Gasteiger partial charge in [-0.15, -0.1) is 0 Å². The van der Waals surface area contributed by atoms with Crippen LogP contribution < -0.4 is 14.8 Å². The van der Waals surface area contributed by atoms with Crippen molar-refractivity contribution < 1.29 is 9.47 Å². The lowest BCUT2D eigenvalue weighted by Crippen LogP contribution is -2.34. The lowest BCUT2D eigenvalue weighted by molar-refractivity contribution is 0.292. The maximum absolute atomic E-state index is 9.01. The van der Waals surface area contributed by atoms with Crippen LogP contribution in [-0.4, -0.2) is 25.3 Å². The minimum Gasteiger partial charge on any atom is -0.494 e. The van der Waals surface area contributed by atoms with E-state index in [9.17, 15) is 0 Å². The Balaban J connectivity index is 2.33. The molecule has 0 aliphatic heterocycles. The first kappa shape index (κ1) is 16.3. The van der Waals surface area contributed by atoms with Crippen LogP contribution in [0.3, 0.4) is 0 Å². The van der Waals surface area contributed by atoms with Gasteiger partial charge in [-0.05, 0) is 44.5 Å². The van der Waals surface area contributed by atoms with Crippen molar-refractivity contribution >= 4 is 0 Å². The van der Waals surface area contributed by atoms with E-state index < -0.39 is 0 Å². The summed E-state index contributed by atoms with van der Waals surface area (Å²) in [5.41, 5.74) is 0. The molecule has 0 fully saturated rings. The zero-order chi connectivity index (χ0) is 14.8. The Morgan fingerprint density at radius 3 is 2.10 bits per heavy atom. The molecule has 1 rings (SSSR count). The molecule has 1 N–H and O–H groups in total. The third-order valence-corrected chi connectivity index (χ3v) is 2.66. The molecule has 0 aliphatic carbocycles. The van der Waals surface area contributed by atoms with E-state index in [1.807, 2.05) is 38.1 Å². The number of nitrogens with zero attached hydrogens (tertiary/aromatic N) is 1. The summed E-state index contributed by atoms with van der Waals surface area (Å²) in [7, 11) is 0. The first-order valence-electron chi connectivity index (χ1n) is 7.17. The van der Waals surface area contributed by atoms with E-state index >= 15 is 0 Å². The maximum atomic E-state index is 9.01. The molecular weight excluding hydrogens is 252 g/mol. The number of hydrogen-bond acceptors (Lipinski definition) is 4. The summed E-state index contributed by atoms with van der Waals surface area (Å²) in [6.45, 7) is 7.38. The number of benzene rings is 1. The van der Waals surface area contributed by atoms with Crippen LogP contribution in [0.15, 0.2) is 24.3 Å². The van der Waals surface area contributed by atoms with Crippen LogP contribution in [0.4, 0.5) is 0 Å². The average molecular weight is 276 g/mol. The van der Waals surface area contributed by atoms with Crippen molar-refractivity contribution in [2.45, 2.75) is 45.7 Å². The molecule has 0 spiro atoms. The lowest BCUT2D eigenvalue weighted by atomic mass is 10.2. The second kappa shape index (κ2) is 9.22. The Labute approximate surface area is 121 Å². The summed E-state index contributed by atoms with van der Waals surface area (Å²) in [5.74, 6) is 1.66. The van der Waals surface area contributed by atoms with Gasteiger partial charge in [0.25, 0.3) is 0 Å². The fourth-order valence-corrected chi connectivity index (χ4v) is 1.73. The van der Waals surface area contributed by atoms with Gasteiger partial charge in [-0.3, -0.25) is 5.32 Å². The zero-order valence-corrected chi connectivity index (χ0v) is 12.6. The van der Waals surface area contributed by atoms with E-state index in [0.717, 1.165) is 24.5 Å². The SMILES string of the molecule is CCCOc1ccc(OCCC(C#N)NC(C)C)cc1. The quantitative estimate of drug-likeness (QED) is 0.753. The van der Waals surface area contributed by atoms with Gasteiger partial charge >= 0.3 is 0 Å². The van der Waals surface area contributed by atoms with Gasteiger partial charge in [0.05, 0.1) is 25.3 Å². The molecule has 20 heavy (non-hydrogen) atoms. The Morgan fingerprint density at radius 1 is 1.10 bits per heavy atom. The molecule has 4 nitrogen and oxygen atoms in total. The van der Waals surface area contributed by atoms with Crippen LogP contribution in [0, 0.1) is 11.3 Å². The highest BCUT2D eigenvalue weighted by Crippen LogP contribution is 2.18. The molecule has 0 heterocycles. The molecule has 0 radical (unpaired) electrons. The average Bonchev–Trinajstić information content (AvgIpc) is 2.45. The second-order valence-electron chi connectivity index (χ2n) is 4.96. The van der Waals surface area contributed by atoms with Crippen LogP contribution in [0.1, 0.15) is 33.6 Å². The minimum absolute atomic E-state index is 0.165. The zero-order valence-electron chi connectivity index (χ0n) is 12.6. The predicted molar refractivity (Wildman–Crippen MR) is 80.0 cm³/mol. The molecule has 0 saturated carbocycles. The van der Waals surface area contributed by atoms with Crippen LogP contribution >= 0.6 is 0 Å². The van der Waals surface area contributed by atoms with Crippen molar-refractivity contribution in [1.29, 1.82) is 5.26 Å². The van der Waals surface area contributed by atoms with Crippen molar-refractivity contribution in [3.63, 3.8) is 0 Å². The van der Waals surface area contributed by atoms with E-state index in [1.54, 1.807) is 0 Å². The van der Waals surface area contributed by atoms with Crippen LogP contribution in [0.5, 0.6) is 11.5 Å². The number of ether oxygens (including phenoxy) is 2. The van der Waals surface area contributed by atoms with Gasteiger partial charge in [0.1, 0.15) is 11.5 Å². The molecule has 1 aromatic rings. The normalized spacial score (nSPS) is 11.9. The summed E-state index contributed by atoms with van der Waals surface area (Å²) < 4.78 is 11.1. The van der Waals surface area contributed by atoms with Gasteiger partial charge in [-0.2, -0.15) is 5.26 Å². The first-order valence-corrected chi connectivity index (χ1v) is 7.17. The first-order chi connectivity index (χ1) is 9.65. The Bertz CT molecular complexity index is 409. The topological polar surface area (TPSA) is 54.3 Å². The van der Waals surface area contributed by atoms with Crippen LogP contribution in [0.2, 0.25) is 0 Å². The van der Waals surface area contributed by atoms with E-state index in [4.69, 9.17) is 14.7 Å². The van der Waals surface area contributed by atoms with Crippen molar-refractivity contribution in [3.8, 4) is 17.6 Å². The summed E-state index contributed by atoms with van der Waals surface area (Å²) in [6, 6.07) is 9.96. The Kier molecular flexibility index (Phi) is 7.52. The third kappa shape index (κ3) is 6.44. The van der Waals surface area contributed by atoms with Crippen LogP contribution in [0.25, 0.3) is 0 Å². The third-order valence-electron chi connectivity index (χ3n) is 2.66. The molecule has 110 valence electrons. The number of nitrogens with one attached hydrogen (secondary N) is 1. The highest BCUT2D eigenvalue weighted by atomic mass is 16.5. The molecule has 1 atom stereocenters. The molecule has 4 heteroatoms. The van der Waals surface area contributed by atoms with Gasteiger partial charge in [-0.25, -0.2) is 0 Å². The molecular formula is C16H24N2O2. The fourth-order valence-electron chi connectivity index (χ4n) is 1.73. The molecule has 0 saturated heterocycles. The van der Waals surface area contributed by atoms with Crippen molar-refractivity contribution in [3.05, 3.63) is 24.3 Å². The molecule has 0 aromatic heterocycles. The van der Waals surface area contributed by atoms with Gasteiger partial charge in [0, 0.05) is 12.5 Å². The standard InChI is InChI=1S/C16H24N2O2/c1-4-10-19-15-5-7-16(8-6-15)20-11-9-14(12-17)18-13(2)3/h5-8,13-14,18H,4,9-11H2,1-3H3. The van der Waals surface area contributed by atoms with Crippen molar-refractivity contribution in [1.82, 2.24) is 5.32 Å². The van der Waals surface area contributed by atoms with E-state index in [2.05, 4.69) is 18.3 Å². The molecule has 0 bridgehead atoms. The summed E-state index contributed by atoms with van der Waals surface area (Å²) in [5, 5.41) is 12.2. The molecule has 0 amide bonds. The number of nitriles is 1. The van der Waals surface area contributed by atoms with Gasteiger partial charge in [0.15, 0.2) is 0 Å². The summed E-state index contributed by atoms with van der Waals surface area (Å²) in [6.07, 6.45) is 1.67.